The molecule has 9 nitrogen and oxygen atoms in total. The number of ether oxygens (including phenoxy) is 4. The van der Waals surface area contributed by atoms with Crippen molar-refractivity contribution in [2.24, 2.45) is 0 Å². The number of nitrogens with zero attached hydrogens (tertiary/aromatic N) is 1. The van der Waals surface area contributed by atoms with Gasteiger partial charge in [-0.25, -0.2) is 0 Å². The second kappa shape index (κ2) is 67.0. The summed E-state index contributed by atoms with van der Waals surface area (Å²) in [5.41, 5.74) is 0. The Labute approximate surface area is 523 Å². The van der Waals surface area contributed by atoms with E-state index in [2.05, 4.69) is 26.0 Å². The van der Waals surface area contributed by atoms with E-state index in [9.17, 15) is 19.5 Å². The topological polar surface area (TPSA) is 111 Å². The van der Waals surface area contributed by atoms with Gasteiger partial charge in [-0.05, 0) is 38.5 Å². The van der Waals surface area contributed by atoms with Crippen LogP contribution < -0.4 is 5.11 Å². The third-order valence-electron chi connectivity index (χ3n) is 17.3. The Morgan fingerprint density at radius 1 is 0.345 bits per heavy atom. The number of unbranched alkanes of at least 4 members (excludes halogenated alkanes) is 54. The molecule has 2 unspecified atom stereocenters. The Kier molecular flexibility index (Phi) is 65.4. The molecule has 0 aliphatic rings. The molecular weight excluding hydrogens is 1040 g/mol. The summed E-state index contributed by atoms with van der Waals surface area (Å²) in [5, 5.41) is 11.8. The van der Waals surface area contributed by atoms with Crippen molar-refractivity contribution < 1.29 is 42.9 Å². The van der Waals surface area contributed by atoms with Crippen LogP contribution in [0.3, 0.4) is 0 Å². The van der Waals surface area contributed by atoms with Gasteiger partial charge >= 0.3 is 11.9 Å². The minimum atomic E-state index is -1.62. The number of carboxylic acid groups (broad SMARTS) is 1. The Balaban J connectivity index is 3.89. The second-order valence-corrected chi connectivity index (χ2v) is 27.0. The second-order valence-electron chi connectivity index (χ2n) is 27.0. The molecule has 2 atom stereocenters. The van der Waals surface area contributed by atoms with Crippen molar-refractivity contribution in [3.05, 3.63) is 12.2 Å². The van der Waals surface area contributed by atoms with Crippen LogP contribution in [0.4, 0.5) is 0 Å². The first-order valence-electron chi connectivity index (χ1n) is 37.3. The summed E-state index contributed by atoms with van der Waals surface area (Å²) in [6.45, 7) is 4.82. The fourth-order valence-electron chi connectivity index (χ4n) is 11.5. The third kappa shape index (κ3) is 67.5. The molecule has 0 aliphatic carbocycles. The molecule has 0 heterocycles. The monoisotopic (exact) mass is 1190 g/mol. The van der Waals surface area contributed by atoms with Gasteiger partial charge in [0.25, 0.3) is 0 Å². The normalized spacial score (nSPS) is 12.6. The van der Waals surface area contributed by atoms with Crippen molar-refractivity contribution in [3.63, 3.8) is 0 Å². The Hall–Kier alpha value is -1.97. The van der Waals surface area contributed by atoms with E-state index in [4.69, 9.17) is 18.9 Å². The molecule has 0 rings (SSSR count). The molecule has 0 saturated heterocycles. The van der Waals surface area contributed by atoms with E-state index < -0.39 is 24.3 Å². The summed E-state index contributed by atoms with van der Waals surface area (Å²) < 4.78 is 22.8. The van der Waals surface area contributed by atoms with Gasteiger partial charge in [-0.2, -0.15) is 0 Å². The van der Waals surface area contributed by atoms with Crippen LogP contribution in [-0.2, 0) is 33.3 Å². The maximum atomic E-state index is 12.9. The van der Waals surface area contributed by atoms with E-state index in [0.29, 0.717) is 23.9 Å². The molecule has 0 spiro atoms. The van der Waals surface area contributed by atoms with Crippen LogP contribution in [-0.4, -0.2) is 82.3 Å². The molecule has 0 aromatic rings. The highest BCUT2D eigenvalue weighted by molar-refractivity contribution is 5.70. The van der Waals surface area contributed by atoms with E-state index in [1.807, 2.05) is 21.1 Å². The molecule has 0 saturated carbocycles. The molecule has 0 aromatic heterocycles. The Morgan fingerprint density at radius 3 is 0.881 bits per heavy atom. The third-order valence-corrected chi connectivity index (χ3v) is 17.3. The number of esters is 2. The predicted molar refractivity (Wildman–Crippen MR) is 357 cm³/mol. The minimum Gasteiger partial charge on any atom is -0.545 e. The zero-order valence-electron chi connectivity index (χ0n) is 57.1. The quantitative estimate of drug-likeness (QED) is 0.0195. The van der Waals surface area contributed by atoms with Crippen LogP contribution in [0.25, 0.3) is 0 Å². The lowest BCUT2D eigenvalue weighted by Gasteiger charge is -2.26. The van der Waals surface area contributed by atoms with E-state index in [0.717, 1.165) is 38.5 Å². The highest BCUT2D eigenvalue weighted by atomic mass is 16.7. The first-order chi connectivity index (χ1) is 41.1. The van der Waals surface area contributed by atoms with E-state index in [-0.39, 0.29) is 32.2 Å². The van der Waals surface area contributed by atoms with Crippen molar-refractivity contribution in [1.82, 2.24) is 0 Å². The van der Waals surface area contributed by atoms with Gasteiger partial charge in [0.2, 0.25) is 0 Å². The van der Waals surface area contributed by atoms with Crippen molar-refractivity contribution >= 4 is 17.9 Å². The predicted octanol–water partition coefficient (Wildman–Crippen LogP) is 21.9. The van der Waals surface area contributed by atoms with E-state index in [1.54, 1.807) is 0 Å². The number of allylic oxidation sites excluding steroid dienone is 2. The van der Waals surface area contributed by atoms with Gasteiger partial charge in [-0.3, -0.25) is 9.59 Å². The Bertz CT molecular complexity index is 1380. The smallest absolute Gasteiger partial charge is 0.306 e. The molecule has 0 aliphatic heterocycles. The first-order valence-corrected chi connectivity index (χ1v) is 37.3. The number of aliphatic carboxylic acids is 1. The fraction of sp³-hybridized carbons (Fsp3) is 0.933. The summed E-state index contributed by atoms with van der Waals surface area (Å²) in [5.74, 6) is -2.25. The van der Waals surface area contributed by atoms with Gasteiger partial charge < -0.3 is 33.3 Å². The maximum absolute atomic E-state index is 12.9. The summed E-state index contributed by atoms with van der Waals surface area (Å²) in [6, 6.07) is 0. The molecule has 0 radical (unpaired) electrons. The maximum Gasteiger partial charge on any atom is 0.306 e. The van der Waals surface area contributed by atoms with E-state index >= 15 is 0 Å². The standard InChI is InChI=1S/C75H145NO8/c1-6-8-10-12-14-16-18-20-22-24-26-27-28-29-30-31-32-33-34-35-36-37-38-39-40-41-42-43-44-45-46-48-49-51-53-55-57-59-61-63-65-72(77)82-69-71(70-83-75(74(79)80)81-68-67-76(3,4)5)84-73(78)66-64-62-60-58-56-54-52-50-47-25-23-21-19-17-15-13-11-9-7-2/h21,23,71,75H,6-20,22,24-70H2,1-5H3/b23-21-. The molecule has 0 amide bonds. The highest BCUT2D eigenvalue weighted by Gasteiger charge is 2.22. The van der Waals surface area contributed by atoms with Gasteiger partial charge in [0, 0.05) is 12.8 Å². The van der Waals surface area contributed by atoms with Crippen LogP contribution in [0.5, 0.6) is 0 Å². The van der Waals surface area contributed by atoms with Crippen LogP contribution in [0.2, 0.25) is 0 Å². The van der Waals surface area contributed by atoms with Crippen molar-refractivity contribution in [3.8, 4) is 0 Å². The van der Waals surface area contributed by atoms with Crippen LogP contribution in [0.1, 0.15) is 393 Å². The largest absolute Gasteiger partial charge is 0.545 e. The molecular formula is C75H145NO8. The molecule has 0 bridgehead atoms. The van der Waals surface area contributed by atoms with Gasteiger partial charge in [-0.15, -0.1) is 0 Å². The molecule has 0 fully saturated rings. The number of hydrogen-bond donors (Lipinski definition) is 0. The zero-order valence-corrected chi connectivity index (χ0v) is 57.1. The number of carbonyl (C=O) groups excluding carboxylic acids is 3. The lowest BCUT2D eigenvalue weighted by Crippen LogP contribution is -2.44. The average molecular weight is 1190 g/mol. The van der Waals surface area contributed by atoms with Gasteiger partial charge in [0.15, 0.2) is 12.4 Å². The number of likely N-dealkylation sites (N-methyl/N-ethyl adjacent to an activating group) is 1. The summed E-state index contributed by atoms with van der Waals surface area (Å²) in [7, 11) is 5.94. The molecule has 498 valence electrons. The van der Waals surface area contributed by atoms with Crippen molar-refractivity contribution in [2.45, 2.75) is 405 Å². The molecule has 0 N–H and O–H groups in total. The molecule has 9 heteroatoms. The van der Waals surface area contributed by atoms with Crippen molar-refractivity contribution in [1.29, 1.82) is 0 Å². The minimum absolute atomic E-state index is 0.151. The van der Waals surface area contributed by atoms with E-state index in [1.165, 1.54) is 321 Å². The summed E-state index contributed by atoms with van der Waals surface area (Å²) in [4.78, 5) is 37.4. The van der Waals surface area contributed by atoms with Crippen LogP contribution in [0, 0.1) is 0 Å². The number of quaternary nitrogens is 1. The summed E-state index contributed by atoms with van der Waals surface area (Å²) >= 11 is 0. The number of carbonyl (C=O) groups is 3. The lowest BCUT2D eigenvalue weighted by molar-refractivity contribution is -0.870. The average Bonchev–Trinajstić information content (AvgIpc) is 3.55. The first kappa shape index (κ1) is 82.0. The number of hydrogen-bond acceptors (Lipinski definition) is 8. The van der Waals surface area contributed by atoms with Crippen molar-refractivity contribution in [2.75, 3.05) is 47.5 Å². The molecule has 84 heavy (non-hydrogen) atoms. The lowest BCUT2D eigenvalue weighted by atomic mass is 10.0. The SMILES string of the molecule is CCCCCCCC/C=C\CCCCCCCCCCCC(=O)OC(COC(=O)CCCCCCCCCCCCCCCCCCCCCCCCCCCCCCCCCCCCCCCCCC)COC(OCC[N+](C)(C)C)C(=O)[O-]. The number of carboxylic acids is 1. The van der Waals surface area contributed by atoms with Gasteiger partial charge in [-0.1, -0.05) is 353 Å². The zero-order chi connectivity index (χ0) is 61.2. The van der Waals surface area contributed by atoms with Crippen LogP contribution >= 0.6 is 0 Å². The van der Waals surface area contributed by atoms with Gasteiger partial charge in [0.1, 0.15) is 13.2 Å². The van der Waals surface area contributed by atoms with Crippen LogP contribution in [0.15, 0.2) is 12.2 Å². The fourth-order valence-corrected chi connectivity index (χ4v) is 11.5. The van der Waals surface area contributed by atoms with Gasteiger partial charge in [0.05, 0.1) is 40.3 Å². The Morgan fingerprint density at radius 2 is 0.607 bits per heavy atom. The highest BCUT2D eigenvalue weighted by Crippen LogP contribution is 2.20. The summed E-state index contributed by atoms with van der Waals surface area (Å²) in [6.07, 6.45) is 79.1. The number of rotatable bonds is 71. The molecule has 0 aromatic carbocycles.